The van der Waals surface area contributed by atoms with Crippen LogP contribution in [0.1, 0.15) is 13.3 Å². The number of hydrogen-bond acceptors (Lipinski definition) is 3. The van der Waals surface area contributed by atoms with E-state index in [1.807, 2.05) is 0 Å². The summed E-state index contributed by atoms with van der Waals surface area (Å²) in [6.45, 7) is 1.78. The number of nitrogens with two attached hydrogens (primary N) is 1. The molecule has 1 atom stereocenters. The Morgan fingerprint density at radius 2 is 2.14 bits per heavy atom. The topological polar surface area (TPSA) is 89.3 Å². The van der Waals surface area contributed by atoms with Gasteiger partial charge in [0.25, 0.3) is 0 Å². The zero-order valence-corrected chi connectivity index (χ0v) is 9.57. The highest BCUT2D eigenvalue weighted by molar-refractivity contribution is 7.89. The van der Waals surface area contributed by atoms with E-state index in [1.165, 1.54) is 0 Å². The second-order valence-corrected chi connectivity index (χ2v) is 5.31. The van der Waals surface area contributed by atoms with Crippen molar-refractivity contribution in [1.29, 1.82) is 0 Å². The molecule has 0 heterocycles. The molecule has 0 aromatic rings. The van der Waals surface area contributed by atoms with E-state index in [2.05, 4.69) is 4.72 Å². The molecule has 7 heteroatoms. The van der Waals surface area contributed by atoms with Crippen LogP contribution in [-0.2, 0) is 14.8 Å². The van der Waals surface area contributed by atoms with Crippen LogP contribution in [0.3, 0.4) is 0 Å². The largest absolute Gasteiger partial charge is 0.370 e. The van der Waals surface area contributed by atoms with Crippen molar-refractivity contribution < 1.29 is 13.2 Å². The molecule has 5 nitrogen and oxygen atoms in total. The monoisotopic (exact) mass is 242 g/mol. The van der Waals surface area contributed by atoms with Gasteiger partial charge in [0.2, 0.25) is 15.9 Å². The lowest BCUT2D eigenvalue weighted by Gasteiger charge is -2.09. The summed E-state index contributed by atoms with van der Waals surface area (Å²) >= 11 is 5.48. The molecule has 0 radical (unpaired) electrons. The highest BCUT2D eigenvalue weighted by Gasteiger charge is 2.14. The van der Waals surface area contributed by atoms with Crippen LogP contribution in [-0.4, -0.2) is 32.5 Å². The van der Waals surface area contributed by atoms with Crippen LogP contribution in [0.5, 0.6) is 0 Å². The molecule has 0 saturated heterocycles. The predicted molar refractivity (Wildman–Crippen MR) is 55.5 cm³/mol. The van der Waals surface area contributed by atoms with Gasteiger partial charge in [-0.1, -0.05) is 6.92 Å². The third kappa shape index (κ3) is 7.11. The number of rotatable bonds is 7. The van der Waals surface area contributed by atoms with Gasteiger partial charge in [0.1, 0.15) is 0 Å². The number of sulfonamides is 1. The number of alkyl halides is 1. The summed E-state index contributed by atoms with van der Waals surface area (Å²) in [5, 5.41) is 0. The number of amides is 1. The first-order valence-corrected chi connectivity index (χ1v) is 6.37. The van der Waals surface area contributed by atoms with Gasteiger partial charge in [0.05, 0.1) is 5.75 Å². The van der Waals surface area contributed by atoms with Gasteiger partial charge in [-0.05, 0) is 5.92 Å². The lowest BCUT2D eigenvalue weighted by Crippen LogP contribution is -2.32. The smallest absolute Gasteiger partial charge is 0.218 e. The molecule has 0 aromatic heterocycles. The molecule has 0 spiro atoms. The van der Waals surface area contributed by atoms with E-state index in [9.17, 15) is 13.2 Å². The molecule has 1 unspecified atom stereocenters. The average Bonchev–Trinajstić information content (AvgIpc) is 2.02. The quantitative estimate of drug-likeness (QED) is 0.599. The van der Waals surface area contributed by atoms with E-state index in [-0.39, 0.29) is 30.5 Å². The van der Waals surface area contributed by atoms with Crippen LogP contribution in [0.25, 0.3) is 0 Å². The second kappa shape index (κ2) is 6.21. The standard InChI is InChI=1S/C7H15ClN2O3S/c1-6(4-8)5-14(12,13)10-3-2-7(9)11/h6,10H,2-5H2,1H3,(H2,9,11). The van der Waals surface area contributed by atoms with Crippen molar-refractivity contribution in [1.82, 2.24) is 4.72 Å². The van der Waals surface area contributed by atoms with Gasteiger partial charge in [-0.25, -0.2) is 13.1 Å². The number of carbonyl (C=O) groups excluding carboxylic acids is 1. The zero-order chi connectivity index (χ0) is 11.2. The summed E-state index contributed by atoms with van der Waals surface area (Å²) < 4.78 is 24.8. The molecule has 3 N–H and O–H groups in total. The van der Waals surface area contributed by atoms with Crippen LogP contribution >= 0.6 is 11.6 Å². The normalized spacial score (nSPS) is 13.9. The van der Waals surface area contributed by atoms with Crippen molar-refractivity contribution in [2.45, 2.75) is 13.3 Å². The maximum Gasteiger partial charge on any atom is 0.218 e. The van der Waals surface area contributed by atoms with Crippen molar-refractivity contribution >= 4 is 27.5 Å². The van der Waals surface area contributed by atoms with E-state index in [0.29, 0.717) is 0 Å². The van der Waals surface area contributed by atoms with Crippen molar-refractivity contribution in [2.75, 3.05) is 18.2 Å². The molecule has 84 valence electrons. The minimum Gasteiger partial charge on any atom is -0.370 e. The van der Waals surface area contributed by atoms with E-state index in [1.54, 1.807) is 6.92 Å². The molecule has 0 aliphatic heterocycles. The fourth-order valence-corrected chi connectivity index (χ4v) is 2.44. The highest BCUT2D eigenvalue weighted by atomic mass is 35.5. The minimum absolute atomic E-state index is 0.00842. The van der Waals surface area contributed by atoms with Gasteiger partial charge in [0, 0.05) is 18.8 Å². The molecular weight excluding hydrogens is 228 g/mol. The van der Waals surface area contributed by atoms with Crippen LogP contribution in [0.15, 0.2) is 0 Å². The third-order valence-electron chi connectivity index (χ3n) is 1.46. The fourth-order valence-electron chi connectivity index (χ4n) is 0.808. The molecule has 0 aliphatic rings. The second-order valence-electron chi connectivity index (χ2n) is 3.15. The summed E-state index contributed by atoms with van der Waals surface area (Å²) in [6.07, 6.45) is 0.00842. The number of carbonyl (C=O) groups is 1. The molecule has 0 rings (SSSR count). The van der Waals surface area contributed by atoms with E-state index in [4.69, 9.17) is 17.3 Å². The van der Waals surface area contributed by atoms with Crippen molar-refractivity contribution in [3.63, 3.8) is 0 Å². The van der Waals surface area contributed by atoms with Gasteiger partial charge < -0.3 is 5.73 Å². The Labute approximate surface area is 89.0 Å². The molecule has 0 fully saturated rings. The first-order valence-electron chi connectivity index (χ1n) is 4.19. The van der Waals surface area contributed by atoms with Crippen LogP contribution in [0, 0.1) is 5.92 Å². The highest BCUT2D eigenvalue weighted by Crippen LogP contribution is 2.01. The van der Waals surface area contributed by atoms with E-state index < -0.39 is 15.9 Å². The van der Waals surface area contributed by atoms with E-state index >= 15 is 0 Å². The summed E-state index contributed by atoms with van der Waals surface area (Å²) in [5.41, 5.74) is 4.85. The van der Waals surface area contributed by atoms with Crippen molar-refractivity contribution in [3.8, 4) is 0 Å². The Balaban J connectivity index is 3.90. The molecule has 0 aliphatic carbocycles. The van der Waals surface area contributed by atoms with Gasteiger partial charge in [-0.2, -0.15) is 0 Å². The summed E-state index contributed by atoms with van der Waals surface area (Å²) in [6, 6.07) is 0. The lowest BCUT2D eigenvalue weighted by atomic mass is 10.3. The maximum absolute atomic E-state index is 11.3. The van der Waals surface area contributed by atoms with Crippen molar-refractivity contribution in [2.24, 2.45) is 11.7 Å². The van der Waals surface area contributed by atoms with E-state index in [0.717, 1.165) is 0 Å². The summed E-state index contributed by atoms with van der Waals surface area (Å²) in [4.78, 5) is 10.3. The van der Waals surface area contributed by atoms with Gasteiger partial charge in [0.15, 0.2) is 0 Å². The number of primary amides is 1. The first kappa shape index (κ1) is 13.7. The Hall–Kier alpha value is -0.330. The molecule has 0 aromatic carbocycles. The van der Waals surface area contributed by atoms with Crippen LogP contribution < -0.4 is 10.5 Å². The average molecular weight is 243 g/mol. The van der Waals surface area contributed by atoms with Gasteiger partial charge in [-0.3, -0.25) is 4.79 Å². The molecule has 0 saturated carbocycles. The molecule has 0 bridgehead atoms. The van der Waals surface area contributed by atoms with Crippen LogP contribution in [0.4, 0.5) is 0 Å². The Bertz CT molecular complexity index is 279. The summed E-state index contributed by atoms with van der Waals surface area (Å²) in [7, 11) is -3.33. The molecule has 1 amide bonds. The lowest BCUT2D eigenvalue weighted by molar-refractivity contribution is -0.117. The van der Waals surface area contributed by atoms with Crippen LogP contribution in [0.2, 0.25) is 0 Å². The minimum atomic E-state index is -3.33. The van der Waals surface area contributed by atoms with Gasteiger partial charge >= 0.3 is 0 Å². The Morgan fingerprint density at radius 3 is 2.57 bits per heavy atom. The van der Waals surface area contributed by atoms with Crippen molar-refractivity contribution in [3.05, 3.63) is 0 Å². The zero-order valence-electron chi connectivity index (χ0n) is 7.99. The maximum atomic E-state index is 11.3. The first-order chi connectivity index (χ1) is 6.37. The Morgan fingerprint density at radius 1 is 1.57 bits per heavy atom. The Kier molecular flexibility index (Phi) is 6.06. The SMILES string of the molecule is CC(CCl)CS(=O)(=O)NCCC(N)=O. The van der Waals surface area contributed by atoms with Gasteiger partial charge in [-0.15, -0.1) is 11.6 Å². The number of nitrogens with one attached hydrogen (secondary N) is 1. The predicted octanol–water partition coefficient (Wildman–Crippen LogP) is -0.344. The molecular formula is C7H15ClN2O3S. The molecule has 14 heavy (non-hydrogen) atoms. The third-order valence-corrected chi connectivity index (χ3v) is 3.64. The number of halogens is 1. The summed E-state index contributed by atoms with van der Waals surface area (Å²) in [5.74, 6) is -0.382. The number of hydrogen-bond donors (Lipinski definition) is 2. The fraction of sp³-hybridized carbons (Fsp3) is 0.857.